The number of rotatable bonds is 6. The number of benzene rings is 2. The number of thioether (sulfide) groups is 1. The number of methoxy groups -OCH3 is 1. The molecular weight excluding hydrogens is 324 g/mol. The van der Waals surface area contributed by atoms with Crippen molar-refractivity contribution in [2.45, 2.75) is 10.9 Å². The van der Waals surface area contributed by atoms with Gasteiger partial charge in [0, 0.05) is 5.75 Å². The Morgan fingerprint density at radius 1 is 1.25 bits per heavy atom. The molecule has 1 aromatic heterocycles. The molecule has 0 aliphatic rings. The van der Waals surface area contributed by atoms with E-state index in [-0.39, 0.29) is 5.75 Å². The van der Waals surface area contributed by atoms with Gasteiger partial charge in [0.15, 0.2) is 11.5 Å². The van der Waals surface area contributed by atoms with E-state index in [9.17, 15) is 5.11 Å². The summed E-state index contributed by atoms with van der Waals surface area (Å²) < 4.78 is 6.63. The Hall–Kier alpha value is -2.80. The maximum Gasteiger partial charge on any atom is 0.212 e. The van der Waals surface area contributed by atoms with E-state index < -0.39 is 0 Å². The van der Waals surface area contributed by atoms with E-state index in [0.29, 0.717) is 10.9 Å². The molecule has 3 rings (SSSR count). The fourth-order valence-electron chi connectivity index (χ4n) is 2.03. The van der Waals surface area contributed by atoms with Gasteiger partial charge in [-0.05, 0) is 29.3 Å². The number of phenols is 1. The van der Waals surface area contributed by atoms with Gasteiger partial charge in [-0.1, -0.05) is 42.1 Å². The van der Waals surface area contributed by atoms with Crippen LogP contribution in [0.25, 0.3) is 0 Å². The zero-order valence-electron chi connectivity index (χ0n) is 13.0. The van der Waals surface area contributed by atoms with Gasteiger partial charge in [-0.15, -0.1) is 10.2 Å². The normalized spacial score (nSPS) is 11.0. The molecule has 1 heterocycles. The lowest BCUT2D eigenvalue weighted by atomic mass is 10.2. The smallest absolute Gasteiger partial charge is 0.212 e. The van der Waals surface area contributed by atoms with E-state index in [2.05, 4.69) is 27.4 Å². The van der Waals surface area contributed by atoms with E-state index in [1.807, 2.05) is 24.3 Å². The highest BCUT2D eigenvalue weighted by atomic mass is 32.2. The highest BCUT2D eigenvalue weighted by Gasteiger charge is 2.05. The van der Waals surface area contributed by atoms with Crippen LogP contribution in [0.1, 0.15) is 11.1 Å². The lowest BCUT2D eigenvalue weighted by Crippen LogP contribution is -1.93. The topological polar surface area (TPSA) is 72.5 Å². The highest BCUT2D eigenvalue weighted by molar-refractivity contribution is 7.98. The third-order valence-electron chi connectivity index (χ3n) is 3.25. The molecule has 0 amide bonds. The zero-order chi connectivity index (χ0) is 16.8. The molecule has 24 heavy (non-hydrogen) atoms. The van der Waals surface area contributed by atoms with Crippen LogP contribution in [0.3, 0.4) is 0 Å². The zero-order valence-corrected chi connectivity index (χ0v) is 13.8. The van der Waals surface area contributed by atoms with E-state index in [1.165, 1.54) is 12.7 Å². The highest BCUT2D eigenvalue weighted by Crippen LogP contribution is 2.25. The molecule has 0 saturated carbocycles. The number of hydrogen-bond donors (Lipinski definition) is 1. The third kappa shape index (κ3) is 3.94. The van der Waals surface area contributed by atoms with Crippen LogP contribution in [0.5, 0.6) is 11.5 Å². The van der Waals surface area contributed by atoms with E-state index >= 15 is 0 Å². The third-order valence-corrected chi connectivity index (χ3v) is 4.25. The summed E-state index contributed by atoms with van der Waals surface area (Å²) >= 11 is 1.56. The van der Waals surface area contributed by atoms with Crippen molar-refractivity contribution >= 4 is 18.0 Å². The van der Waals surface area contributed by atoms with Crippen molar-refractivity contribution in [3.05, 3.63) is 66.0 Å². The first kappa shape index (κ1) is 16.1. The Labute approximate surface area is 143 Å². The molecular formula is C17H16N4O2S. The second-order valence-corrected chi connectivity index (χ2v) is 5.85. The van der Waals surface area contributed by atoms with Crippen LogP contribution in [0.15, 0.2) is 65.1 Å². The van der Waals surface area contributed by atoms with Crippen molar-refractivity contribution in [3.8, 4) is 11.5 Å². The molecule has 0 bridgehead atoms. The number of nitrogens with zero attached hydrogens (tertiary/aromatic N) is 4. The molecule has 0 aliphatic carbocycles. The molecule has 0 radical (unpaired) electrons. The van der Waals surface area contributed by atoms with Crippen LogP contribution in [-0.4, -0.2) is 33.3 Å². The first-order valence-electron chi connectivity index (χ1n) is 7.24. The summed E-state index contributed by atoms with van der Waals surface area (Å²) in [5, 5.41) is 22.8. The summed E-state index contributed by atoms with van der Waals surface area (Å²) in [5.41, 5.74) is 1.96. The van der Waals surface area contributed by atoms with Gasteiger partial charge in [-0.3, -0.25) is 0 Å². The van der Waals surface area contributed by atoms with E-state index in [1.54, 1.807) is 41.1 Å². The number of phenolic OH excluding ortho intramolecular Hbond substituents is 1. The molecule has 122 valence electrons. The molecule has 0 unspecified atom stereocenters. The minimum atomic E-state index is 0.0730. The standard InChI is InChI=1S/C17H16N4O2S/c1-23-16-8-7-14(9-15(16)22)10-19-21-12-18-20-17(21)24-11-13-5-3-2-4-6-13/h2-10,12,22H,11H2,1H3. The molecule has 0 saturated heterocycles. The minimum Gasteiger partial charge on any atom is -0.504 e. The second kappa shape index (κ2) is 7.65. The molecule has 3 aromatic rings. The number of aromatic hydroxyl groups is 1. The minimum absolute atomic E-state index is 0.0730. The SMILES string of the molecule is COc1ccc(C=Nn2cnnc2SCc2ccccc2)cc1O. The Morgan fingerprint density at radius 2 is 2.08 bits per heavy atom. The summed E-state index contributed by atoms with van der Waals surface area (Å²) in [6.07, 6.45) is 3.18. The van der Waals surface area contributed by atoms with Gasteiger partial charge in [0.1, 0.15) is 6.33 Å². The van der Waals surface area contributed by atoms with Gasteiger partial charge in [0.05, 0.1) is 13.3 Å². The maximum absolute atomic E-state index is 9.79. The van der Waals surface area contributed by atoms with Gasteiger partial charge in [0.25, 0.3) is 0 Å². The van der Waals surface area contributed by atoms with E-state index in [4.69, 9.17) is 4.74 Å². The van der Waals surface area contributed by atoms with Crippen molar-refractivity contribution < 1.29 is 9.84 Å². The van der Waals surface area contributed by atoms with Crippen LogP contribution in [0.4, 0.5) is 0 Å². The average Bonchev–Trinajstić information content (AvgIpc) is 3.06. The summed E-state index contributed by atoms with van der Waals surface area (Å²) in [6, 6.07) is 15.2. The van der Waals surface area contributed by atoms with Crippen molar-refractivity contribution in [1.82, 2.24) is 14.9 Å². The molecule has 0 fully saturated rings. The summed E-state index contributed by atoms with van der Waals surface area (Å²) in [7, 11) is 1.51. The lowest BCUT2D eigenvalue weighted by molar-refractivity contribution is 0.373. The fraction of sp³-hybridized carbons (Fsp3) is 0.118. The largest absolute Gasteiger partial charge is 0.504 e. The molecule has 6 nitrogen and oxygen atoms in total. The van der Waals surface area contributed by atoms with Crippen molar-refractivity contribution in [1.29, 1.82) is 0 Å². The summed E-state index contributed by atoms with van der Waals surface area (Å²) in [4.78, 5) is 0. The molecule has 7 heteroatoms. The van der Waals surface area contributed by atoms with Crippen LogP contribution < -0.4 is 4.74 Å². The van der Waals surface area contributed by atoms with E-state index in [0.717, 1.165) is 11.3 Å². The Kier molecular flexibility index (Phi) is 5.12. The molecule has 0 aliphatic heterocycles. The Bertz CT molecular complexity index is 834. The van der Waals surface area contributed by atoms with Crippen LogP contribution in [-0.2, 0) is 5.75 Å². The monoisotopic (exact) mass is 340 g/mol. The molecule has 0 atom stereocenters. The Balaban J connectivity index is 1.70. The number of aromatic nitrogens is 3. The van der Waals surface area contributed by atoms with Crippen LogP contribution in [0.2, 0.25) is 0 Å². The summed E-state index contributed by atoms with van der Waals surface area (Å²) in [6.45, 7) is 0. The van der Waals surface area contributed by atoms with Crippen molar-refractivity contribution in [2.75, 3.05) is 7.11 Å². The van der Waals surface area contributed by atoms with Gasteiger partial charge in [0.2, 0.25) is 5.16 Å². The van der Waals surface area contributed by atoms with Crippen molar-refractivity contribution in [2.24, 2.45) is 5.10 Å². The fourth-order valence-corrected chi connectivity index (χ4v) is 2.85. The summed E-state index contributed by atoms with van der Waals surface area (Å²) in [5.74, 6) is 1.29. The van der Waals surface area contributed by atoms with Gasteiger partial charge >= 0.3 is 0 Å². The first-order chi connectivity index (χ1) is 11.8. The predicted molar refractivity (Wildman–Crippen MR) is 93.7 cm³/mol. The number of hydrogen-bond acceptors (Lipinski definition) is 6. The van der Waals surface area contributed by atoms with Crippen molar-refractivity contribution in [3.63, 3.8) is 0 Å². The van der Waals surface area contributed by atoms with Gasteiger partial charge in [-0.2, -0.15) is 9.78 Å². The molecule has 2 aromatic carbocycles. The van der Waals surface area contributed by atoms with Gasteiger partial charge < -0.3 is 9.84 Å². The molecule has 1 N–H and O–H groups in total. The maximum atomic E-state index is 9.79. The van der Waals surface area contributed by atoms with Crippen LogP contribution in [0, 0.1) is 0 Å². The van der Waals surface area contributed by atoms with Crippen LogP contribution >= 0.6 is 11.8 Å². The Morgan fingerprint density at radius 3 is 2.83 bits per heavy atom. The van der Waals surface area contributed by atoms with Gasteiger partial charge in [-0.25, -0.2) is 0 Å². The first-order valence-corrected chi connectivity index (χ1v) is 8.23. The lowest BCUT2D eigenvalue weighted by Gasteiger charge is -2.03. The second-order valence-electron chi connectivity index (χ2n) is 4.91. The molecule has 0 spiro atoms. The average molecular weight is 340 g/mol. The predicted octanol–water partition coefficient (Wildman–Crippen LogP) is 3.17. The number of ether oxygens (including phenoxy) is 1. The quantitative estimate of drug-likeness (QED) is 0.551.